The van der Waals surface area contributed by atoms with Crippen molar-refractivity contribution >= 4 is 0 Å². The maximum atomic E-state index is 8.67. The van der Waals surface area contributed by atoms with Crippen molar-refractivity contribution in [3.8, 4) is 0 Å². The second-order valence-electron chi connectivity index (χ2n) is 15.9. The summed E-state index contributed by atoms with van der Waals surface area (Å²) in [6.07, 6.45) is 11.6. The van der Waals surface area contributed by atoms with E-state index in [2.05, 4.69) is 41.5 Å². The Morgan fingerprint density at radius 1 is 0.406 bits per heavy atom. The van der Waals surface area contributed by atoms with Gasteiger partial charge in [0.15, 0.2) is 0 Å². The van der Waals surface area contributed by atoms with Crippen LogP contribution in [0, 0.1) is 23.2 Å². The molecule has 3 unspecified atom stereocenters. The average Bonchev–Trinajstić information content (AvgIpc) is 3.26. The number of rotatable bonds is 15. The van der Waals surface area contributed by atoms with Gasteiger partial charge in [-0.25, -0.2) is 0 Å². The van der Waals surface area contributed by atoms with Crippen molar-refractivity contribution in [3.05, 3.63) is 0 Å². The van der Waals surface area contributed by atoms with Gasteiger partial charge in [0.05, 0.1) is 18.3 Å². The zero-order chi connectivity index (χ0) is 54.3. The van der Waals surface area contributed by atoms with E-state index in [0.717, 1.165) is 70.6 Å². The van der Waals surface area contributed by atoms with Crippen LogP contribution in [0.4, 0.5) is 41.3 Å². The molecular formula is C45H111F9O10. The van der Waals surface area contributed by atoms with Crippen molar-refractivity contribution in [2.45, 2.75) is 233 Å². The smallest absolute Gasteiger partial charge is 0.0535 e. The molecule has 0 aliphatic heterocycles. The zero-order valence-corrected chi connectivity index (χ0v) is 44.2. The number of hydrogen-bond acceptors (Lipinski definition) is 10. The predicted octanol–water partition coefficient (Wildman–Crippen LogP) is 12.7. The Balaban J connectivity index is -0.0000000315. The quantitative estimate of drug-likeness (QED) is 0.0556. The highest BCUT2D eigenvalue weighted by Crippen LogP contribution is 2.09. The third-order valence-corrected chi connectivity index (χ3v) is 6.07. The van der Waals surface area contributed by atoms with Crippen LogP contribution in [0.2, 0.25) is 0 Å². The normalized spacial score (nSPS) is 10.1. The number of aliphatic hydroxyl groups is 10. The van der Waals surface area contributed by atoms with E-state index in [1.807, 2.05) is 69.2 Å². The highest BCUT2D eigenvalue weighted by Gasteiger charge is 2.05. The van der Waals surface area contributed by atoms with E-state index >= 15 is 0 Å². The van der Waals surface area contributed by atoms with Gasteiger partial charge in [-0.15, -0.1) is 0 Å². The highest BCUT2D eigenvalue weighted by molar-refractivity contribution is 4.55. The van der Waals surface area contributed by atoms with Crippen LogP contribution < -0.4 is 0 Å². The van der Waals surface area contributed by atoms with Crippen LogP contribution in [0.5, 0.6) is 0 Å². The molecule has 0 aliphatic rings. The fourth-order valence-corrected chi connectivity index (χ4v) is 1.61. The van der Waals surface area contributed by atoms with Gasteiger partial charge in [0.25, 0.3) is 0 Å². The van der Waals surface area contributed by atoms with Crippen LogP contribution in [0.25, 0.3) is 0 Å². The Bertz CT molecular complexity index is 505. The van der Waals surface area contributed by atoms with Crippen molar-refractivity contribution in [2.24, 2.45) is 23.2 Å². The molecule has 19 heteroatoms. The molecule has 10 nitrogen and oxygen atoms in total. The van der Waals surface area contributed by atoms with Crippen LogP contribution >= 0.6 is 0 Å². The SMILES string of the molecule is CC(C)(C)CO.CC(C)CCO.CC(C)CO.CC(C)O.CCC(C)CO.CCC(C)O.CCC(O)CC.CCCC(C)O.CCCCCO.CCCCO.F.FF.FF.FF.FF. The molecule has 0 aromatic heterocycles. The Morgan fingerprint density at radius 2 is 0.703 bits per heavy atom. The van der Waals surface area contributed by atoms with Gasteiger partial charge in [-0.2, -0.15) is 0 Å². The number of aliphatic hydroxyl groups excluding tert-OH is 10. The first kappa shape index (κ1) is 105. The van der Waals surface area contributed by atoms with E-state index in [1.54, 1.807) is 20.8 Å². The molecule has 0 aromatic carbocycles. The molecule has 0 spiro atoms. The molecule has 0 saturated heterocycles. The topological polar surface area (TPSA) is 202 Å². The lowest BCUT2D eigenvalue weighted by Gasteiger charge is -2.11. The van der Waals surface area contributed by atoms with Crippen LogP contribution in [-0.4, -0.2) is 115 Å². The molecule has 0 saturated carbocycles. The number of unbranched alkanes of at least 4 members (excludes halogenated alkanes) is 3. The zero-order valence-electron chi connectivity index (χ0n) is 44.2. The molecular weight excluding hydrogens is 871 g/mol. The second kappa shape index (κ2) is 119. The lowest BCUT2D eigenvalue weighted by Crippen LogP contribution is -2.09. The van der Waals surface area contributed by atoms with Crippen LogP contribution in [0.15, 0.2) is 0 Å². The van der Waals surface area contributed by atoms with Crippen molar-refractivity contribution < 1.29 is 92.4 Å². The molecule has 0 radical (unpaired) electrons. The Hall–Kier alpha value is -1.03. The van der Waals surface area contributed by atoms with E-state index in [9.17, 15) is 0 Å². The lowest BCUT2D eigenvalue weighted by molar-refractivity contribution is 0.108. The molecule has 0 rings (SSSR count). The molecule has 64 heavy (non-hydrogen) atoms. The monoisotopic (exact) mass is 983 g/mol. The van der Waals surface area contributed by atoms with Gasteiger partial charge in [0.1, 0.15) is 0 Å². The van der Waals surface area contributed by atoms with Crippen LogP contribution in [-0.2, 0) is 0 Å². The summed E-state index contributed by atoms with van der Waals surface area (Å²) >= 11 is 0. The largest absolute Gasteiger partial charge is 0.396 e. The molecule has 0 bridgehead atoms. The van der Waals surface area contributed by atoms with E-state index in [4.69, 9.17) is 87.7 Å². The maximum absolute atomic E-state index is 8.67. The first-order valence-corrected chi connectivity index (χ1v) is 22.3. The number of halogens is 9. The van der Waals surface area contributed by atoms with Gasteiger partial charge in [-0.3, -0.25) is 4.70 Å². The minimum absolute atomic E-state index is 0. The van der Waals surface area contributed by atoms with Crippen LogP contribution in [0.3, 0.4) is 0 Å². The second-order valence-corrected chi connectivity index (χ2v) is 15.9. The fourth-order valence-electron chi connectivity index (χ4n) is 1.61. The summed E-state index contributed by atoms with van der Waals surface area (Å²) in [6.45, 7) is 39.3. The van der Waals surface area contributed by atoms with Crippen LogP contribution in [0.1, 0.15) is 209 Å². The van der Waals surface area contributed by atoms with E-state index in [0.29, 0.717) is 50.8 Å². The van der Waals surface area contributed by atoms with Crippen molar-refractivity contribution in [1.82, 2.24) is 0 Å². The van der Waals surface area contributed by atoms with Gasteiger partial charge in [0, 0.05) is 82.3 Å². The molecule has 0 heterocycles. The van der Waals surface area contributed by atoms with E-state index in [-0.39, 0.29) is 41.1 Å². The van der Waals surface area contributed by atoms with Crippen molar-refractivity contribution in [2.75, 3.05) is 39.6 Å². The van der Waals surface area contributed by atoms with Gasteiger partial charge >= 0.3 is 0 Å². The number of hydrogen-bond donors (Lipinski definition) is 10. The average molecular weight is 983 g/mol. The molecule has 10 N–H and O–H groups in total. The minimum atomic E-state index is -0.167. The summed E-state index contributed by atoms with van der Waals surface area (Å²) in [5.41, 5.74) is 0.0972. The standard InChI is InChI=1S/6C5H12O.3C4H10O.C3H8O.4F2.FH/c1-5(2,3)4-6;1-5(2)3-4-6;1-3-5(2)4-6;1-3-4-5(2)6;1-3-5(6)4-2;1-2-3-4-5-6;1-4(2)3-5;1-3-4(2)5;1-2-3-4-5;1-3(2)4;4*1-2;/h6H,4H2,1-3H3;4*5-6H,3-4H2,1-2H3;6H,2-5H2,1H3;2*4-5H,3H2,1-2H3;5H,2-4H2,1H3;3-4H,1-2H3;;;;;1H. The van der Waals surface area contributed by atoms with Gasteiger partial charge in [-0.05, 0) is 95.8 Å². The first-order valence-electron chi connectivity index (χ1n) is 22.3. The Morgan fingerprint density at radius 3 is 0.719 bits per heavy atom. The third-order valence-electron chi connectivity index (χ3n) is 6.07. The summed E-state index contributed by atoms with van der Waals surface area (Å²) < 4.78 is 64.0. The van der Waals surface area contributed by atoms with Gasteiger partial charge < -0.3 is 51.1 Å². The van der Waals surface area contributed by atoms with Gasteiger partial charge in [-0.1, -0.05) is 136 Å². The first-order chi connectivity index (χ1) is 29.3. The minimum Gasteiger partial charge on any atom is -0.396 e. The molecule has 414 valence electrons. The summed E-state index contributed by atoms with van der Waals surface area (Å²) in [6, 6.07) is 0. The third kappa shape index (κ3) is 352. The van der Waals surface area contributed by atoms with Crippen molar-refractivity contribution in [1.29, 1.82) is 0 Å². The summed E-state index contributed by atoms with van der Waals surface area (Å²) in [4.78, 5) is 0. The van der Waals surface area contributed by atoms with Gasteiger partial charge in [0.2, 0.25) is 0 Å². The summed E-state index contributed by atoms with van der Waals surface area (Å²) in [5.74, 6) is 1.58. The summed E-state index contributed by atoms with van der Waals surface area (Å²) in [5, 5.41) is 83.0. The van der Waals surface area contributed by atoms with E-state index < -0.39 is 0 Å². The van der Waals surface area contributed by atoms with E-state index in [1.165, 1.54) is 6.42 Å². The Kier molecular flexibility index (Phi) is 196. The predicted molar refractivity (Wildman–Crippen MR) is 254 cm³/mol. The fraction of sp³-hybridized carbons (Fsp3) is 1.00. The lowest BCUT2D eigenvalue weighted by atomic mass is 9.99. The summed E-state index contributed by atoms with van der Waals surface area (Å²) in [7, 11) is 0. The highest BCUT2D eigenvalue weighted by atomic mass is 20.0. The van der Waals surface area contributed by atoms with Crippen molar-refractivity contribution in [3.63, 3.8) is 0 Å². The molecule has 0 aromatic rings. The maximum Gasteiger partial charge on any atom is 0.0535 e. The molecule has 0 aliphatic carbocycles. The molecule has 0 fully saturated rings. The Labute approximate surface area is 387 Å². The molecule has 3 atom stereocenters. The molecule has 0 amide bonds.